The Balaban J connectivity index is 5.25. The fourth-order valence-corrected chi connectivity index (χ4v) is 4.66. The molecule has 0 rings (SSSR count). The van der Waals surface area contributed by atoms with Gasteiger partial charge in [-0.3, -0.25) is 16.8 Å². The van der Waals surface area contributed by atoms with Crippen LogP contribution in [0.5, 0.6) is 0 Å². The van der Waals surface area contributed by atoms with E-state index in [4.69, 9.17) is 4.74 Å². The topological polar surface area (TPSA) is 113 Å². The summed E-state index contributed by atoms with van der Waals surface area (Å²) in [5.41, 5.74) is -12.2. The zero-order valence-electron chi connectivity index (χ0n) is 15.5. The summed E-state index contributed by atoms with van der Waals surface area (Å²) in [7, 11) is -13.8. The predicted molar refractivity (Wildman–Crippen MR) is 89.6 cm³/mol. The van der Waals surface area contributed by atoms with Crippen LogP contribution in [0.2, 0.25) is 0 Å². The van der Waals surface area contributed by atoms with Crippen molar-refractivity contribution in [3.63, 3.8) is 0 Å². The lowest BCUT2D eigenvalue weighted by Gasteiger charge is -2.33. The Bertz CT molecular complexity index is 814. The number of hydrogen-bond acceptors (Lipinski definition) is 8. The minimum absolute atomic E-state index is 0.147. The molecule has 0 aromatic carbocycles. The van der Waals surface area contributed by atoms with Gasteiger partial charge in [0.1, 0.15) is 38.6 Å². The summed E-state index contributed by atoms with van der Waals surface area (Å²) in [5, 5.41) is 0. The molecule has 0 N–H and O–H groups in total. The molecule has 0 saturated heterocycles. The Morgan fingerprint density at radius 1 is 0.933 bits per heavy atom. The SMILES string of the molecule is C=C(C)C(=C)OCCOC(=O)OC(C)C[C-](S(=O)(=O)C(F)(F)F)S(=O)(=O)C(F)(F)F. The molecule has 0 aliphatic rings. The van der Waals surface area contributed by atoms with Crippen molar-refractivity contribution in [3.8, 4) is 0 Å². The van der Waals surface area contributed by atoms with Crippen molar-refractivity contribution >= 4 is 25.8 Å². The number of rotatable bonds is 10. The van der Waals surface area contributed by atoms with E-state index >= 15 is 0 Å². The first kappa shape index (κ1) is 28.0. The molecule has 0 aromatic rings. The number of carbonyl (C=O) groups is 1. The van der Waals surface area contributed by atoms with Crippen LogP contribution < -0.4 is 0 Å². The van der Waals surface area contributed by atoms with Crippen LogP contribution in [-0.2, 0) is 33.9 Å². The van der Waals surface area contributed by atoms with Gasteiger partial charge in [0.2, 0.25) is 0 Å². The molecule has 0 bridgehead atoms. The molecule has 0 aromatic heterocycles. The third-order valence-corrected chi connectivity index (χ3v) is 7.08. The molecule has 0 fully saturated rings. The monoisotopic (exact) mass is 491 g/mol. The molecule has 0 aliphatic carbocycles. The van der Waals surface area contributed by atoms with Crippen LogP contribution >= 0.6 is 0 Å². The van der Waals surface area contributed by atoms with E-state index in [0.717, 1.165) is 0 Å². The zero-order valence-corrected chi connectivity index (χ0v) is 17.1. The smallest absolute Gasteiger partial charge is 0.490 e. The van der Waals surface area contributed by atoms with Crippen molar-refractivity contribution in [1.29, 1.82) is 0 Å². The quantitative estimate of drug-likeness (QED) is 0.114. The predicted octanol–water partition coefficient (Wildman–Crippen LogP) is 3.38. The summed E-state index contributed by atoms with van der Waals surface area (Å²) >= 11 is 0. The molecule has 0 saturated carbocycles. The number of alkyl halides is 6. The lowest BCUT2D eigenvalue weighted by Crippen LogP contribution is -2.41. The number of hydrogen-bond donors (Lipinski definition) is 0. The molecule has 8 nitrogen and oxygen atoms in total. The van der Waals surface area contributed by atoms with E-state index in [1.807, 2.05) is 0 Å². The standard InChI is InChI=1S/C14H17F6O8S2/c1-8(2)10(4)26-5-6-27-12(21)28-9(3)7-11(29(22,23)13(15,16)17)30(24,25)14(18,19)20/h9H,1,4-7H2,2-3H3/q-1. The normalized spacial score (nSPS) is 14.2. The van der Waals surface area contributed by atoms with E-state index in [-0.39, 0.29) is 12.4 Å². The molecule has 176 valence electrons. The van der Waals surface area contributed by atoms with Crippen LogP contribution in [0.3, 0.4) is 0 Å². The van der Waals surface area contributed by atoms with Gasteiger partial charge in [0.05, 0.1) is 6.10 Å². The van der Waals surface area contributed by atoms with E-state index < -0.39 is 60.6 Å². The first-order chi connectivity index (χ1) is 13.2. The molecule has 0 amide bonds. The van der Waals surface area contributed by atoms with Crippen molar-refractivity contribution in [2.24, 2.45) is 0 Å². The Kier molecular flexibility index (Phi) is 9.24. The summed E-state index contributed by atoms with van der Waals surface area (Å²) in [6, 6.07) is 0. The second-order valence-corrected chi connectivity index (χ2v) is 9.74. The second-order valence-electron chi connectivity index (χ2n) is 5.55. The summed E-state index contributed by atoms with van der Waals surface area (Å²) in [6.45, 7) is 8.40. The maximum Gasteiger partial charge on any atom is 0.508 e. The highest BCUT2D eigenvalue weighted by Gasteiger charge is 2.54. The number of allylic oxidation sites excluding steroid dienone is 1. The fourth-order valence-electron chi connectivity index (χ4n) is 1.51. The van der Waals surface area contributed by atoms with E-state index in [1.165, 1.54) is 0 Å². The lowest BCUT2D eigenvalue weighted by atomic mass is 10.3. The van der Waals surface area contributed by atoms with Gasteiger partial charge in [-0.2, -0.15) is 26.3 Å². The van der Waals surface area contributed by atoms with Crippen molar-refractivity contribution in [3.05, 3.63) is 29.1 Å². The first-order valence-corrected chi connectivity index (χ1v) is 10.5. The van der Waals surface area contributed by atoms with Crippen LogP contribution in [-0.4, -0.2) is 53.3 Å². The molecular formula is C14H17F6O8S2-. The van der Waals surface area contributed by atoms with Crippen molar-refractivity contribution in [1.82, 2.24) is 0 Å². The average Bonchev–Trinajstić information content (AvgIpc) is 2.53. The summed E-state index contributed by atoms with van der Waals surface area (Å²) < 4.78 is 132. The maximum absolute atomic E-state index is 12.6. The molecular weight excluding hydrogens is 474 g/mol. The van der Waals surface area contributed by atoms with Crippen LogP contribution in [0.1, 0.15) is 20.3 Å². The highest BCUT2D eigenvalue weighted by atomic mass is 32.3. The van der Waals surface area contributed by atoms with E-state index in [9.17, 15) is 48.0 Å². The van der Waals surface area contributed by atoms with Gasteiger partial charge in [0.25, 0.3) is 0 Å². The number of sulfone groups is 2. The van der Waals surface area contributed by atoms with Crippen molar-refractivity contribution in [2.45, 2.75) is 37.4 Å². The number of carbonyl (C=O) groups excluding carboxylic acids is 1. The molecule has 0 aliphatic heterocycles. The van der Waals surface area contributed by atoms with Gasteiger partial charge in [-0.25, -0.2) is 4.79 Å². The van der Waals surface area contributed by atoms with Crippen molar-refractivity contribution < 1.29 is 62.2 Å². The molecule has 16 heteroatoms. The molecule has 0 heterocycles. The molecule has 30 heavy (non-hydrogen) atoms. The first-order valence-electron chi connectivity index (χ1n) is 7.54. The van der Waals surface area contributed by atoms with Gasteiger partial charge >= 0.3 is 17.2 Å². The molecule has 1 unspecified atom stereocenters. The Morgan fingerprint density at radius 2 is 1.33 bits per heavy atom. The van der Waals surface area contributed by atoms with Gasteiger partial charge in [0, 0.05) is 0 Å². The Morgan fingerprint density at radius 3 is 1.70 bits per heavy atom. The minimum atomic E-state index is -6.91. The largest absolute Gasteiger partial charge is 0.508 e. The molecule has 0 spiro atoms. The summed E-state index contributed by atoms with van der Waals surface area (Å²) in [4.78, 5) is 11.4. The average molecular weight is 491 g/mol. The number of halogens is 6. The zero-order chi connectivity index (χ0) is 24.1. The molecule has 1 atom stereocenters. The Labute approximate surface area is 168 Å². The van der Waals surface area contributed by atoms with Gasteiger partial charge in [-0.15, -0.1) is 6.42 Å². The van der Waals surface area contributed by atoms with E-state index in [2.05, 4.69) is 22.6 Å². The number of ether oxygens (including phenoxy) is 3. The molecule has 0 radical (unpaired) electrons. The lowest BCUT2D eigenvalue weighted by molar-refractivity contribution is -0.0459. The second kappa shape index (κ2) is 9.89. The van der Waals surface area contributed by atoms with Crippen LogP contribution in [0.4, 0.5) is 31.1 Å². The summed E-state index contributed by atoms with van der Waals surface area (Å²) in [6.07, 6.45) is -5.60. The summed E-state index contributed by atoms with van der Waals surface area (Å²) in [5.74, 6) is 0.147. The Hall–Kier alpha value is -1.97. The van der Waals surface area contributed by atoms with Crippen LogP contribution in [0.15, 0.2) is 24.5 Å². The van der Waals surface area contributed by atoms with Crippen molar-refractivity contribution in [2.75, 3.05) is 13.2 Å². The third-order valence-electron chi connectivity index (χ3n) is 3.02. The third kappa shape index (κ3) is 7.37. The van der Waals surface area contributed by atoms with E-state index in [1.54, 1.807) is 6.92 Å². The van der Waals surface area contributed by atoms with Gasteiger partial charge in [-0.05, 0) is 19.4 Å². The van der Waals surface area contributed by atoms with Gasteiger partial charge < -0.3 is 14.2 Å². The highest BCUT2D eigenvalue weighted by molar-refractivity contribution is 8.13. The van der Waals surface area contributed by atoms with E-state index in [0.29, 0.717) is 12.5 Å². The minimum Gasteiger partial charge on any atom is -0.490 e. The maximum atomic E-state index is 12.6. The fraction of sp³-hybridized carbons (Fsp3) is 0.571. The van der Waals surface area contributed by atoms with Gasteiger partial charge in [-0.1, -0.05) is 17.7 Å². The van der Waals surface area contributed by atoms with Gasteiger partial charge in [0.15, 0.2) is 0 Å². The van der Waals surface area contributed by atoms with Crippen LogP contribution in [0, 0.1) is 4.58 Å². The highest BCUT2D eigenvalue weighted by Crippen LogP contribution is 2.43. The van der Waals surface area contributed by atoms with Crippen LogP contribution in [0.25, 0.3) is 0 Å².